The molecule has 0 saturated heterocycles. The first kappa shape index (κ1) is 17.0. The summed E-state index contributed by atoms with van der Waals surface area (Å²) in [6.07, 6.45) is -0.0743. The third kappa shape index (κ3) is 5.45. The van der Waals surface area contributed by atoms with E-state index in [9.17, 15) is 9.59 Å². The van der Waals surface area contributed by atoms with Gasteiger partial charge in [-0.25, -0.2) is 4.79 Å². The molecule has 0 bridgehead atoms. The average molecular weight is 292 g/mol. The Labute approximate surface area is 126 Å². The lowest BCUT2D eigenvalue weighted by atomic mass is 10.2. The second-order valence-corrected chi connectivity index (χ2v) is 5.69. The maximum atomic E-state index is 12.5. The van der Waals surface area contributed by atoms with Crippen molar-refractivity contribution >= 4 is 17.7 Å². The molecule has 5 heteroatoms. The second-order valence-electron chi connectivity index (χ2n) is 5.69. The average Bonchev–Trinajstić information content (AvgIpc) is 2.39. The number of urea groups is 1. The number of rotatable bonds is 6. The van der Waals surface area contributed by atoms with E-state index >= 15 is 0 Å². The molecule has 0 aliphatic heterocycles. The Morgan fingerprint density at radius 2 is 1.76 bits per heavy atom. The molecule has 0 saturated carbocycles. The summed E-state index contributed by atoms with van der Waals surface area (Å²) in [6.45, 7) is 6.85. The van der Waals surface area contributed by atoms with Gasteiger partial charge in [0.15, 0.2) is 0 Å². The minimum absolute atomic E-state index is 0.0743. The highest BCUT2D eigenvalue weighted by atomic mass is 16.4. The SMILES string of the molecule is Cc1ccc(N(CCC(=O)O)C(=O)N(C)CC(C)C)cc1. The van der Waals surface area contributed by atoms with Crippen LogP contribution in [0.4, 0.5) is 10.5 Å². The van der Waals surface area contributed by atoms with Gasteiger partial charge in [-0.2, -0.15) is 0 Å². The van der Waals surface area contributed by atoms with E-state index in [1.165, 1.54) is 4.90 Å². The zero-order valence-corrected chi connectivity index (χ0v) is 13.2. The van der Waals surface area contributed by atoms with Crippen LogP contribution in [-0.2, 0) is 4.79 Å². The second kappa shape index (κ2) is 7.67. The molecule has 5 nitrogen and oxygen atoms in total. The molecule has 2 amide bonds. The molecule has 116 valence electrons. The van der Waals surface area contributed by atoms with Crippen LogP contribution < -0.4 is 4.90 Å². The van der Waals surface area contributed by atoms with Gasteiger partial charge < -0.3 is 10.0 Å². The Bertz CT molecular complexity index is 483. The zero-order chi connectivity index (χ0) is 16.0. The summed E-state index contributed by atoms with van der Waals surface area (Å²) in [4.78, 5) is 26.5. The van der Waals surface area contributed by atoms with E-state index in [0.29, 0.717) is 12.5 Å². The number of aryl methyl sites for hydroxylation is 1. The third-order valence-electron chi connectivity index (χ3n) is 3.09. The molecule has 0 atom stereocenters. The number of carbonyl (C=O) groups is 2. The van der Waals surface area contributed by atoms with Crippen LogP contribution in [0.3, 0.4) is 0 Å². The lowest BCUT2D eigenvalue weighted by Gasteiger charge is -2.29. The first-order valence-corrected chi connectivity index (χ1v) is 7.12. The number of carbonyl (C=O) groups excluding carboxylic acids is 1. The van der Waals surface area contributed by atoms with Crippen LogP contribution in [0.1, 0.15) is 25.8 Å². The summed E-state index contributed by atoms with van der Waals surface area (Å²) in [7, 11) is 1.74. The molecule has 21 heavy (non-hydrogen) atoms. The molecule has 1 aromatic rings. The minimum Gasteiger partial charge on any atom is -0.481 e. The van der Waals surface area contributed by atoms with E-state index in [1.807, 2.05) is 45.0 Å². The molecule has 0 aliphatic carbocycles. The largest absolute Gasteiger partial charge is 0.481 e. The minimum atomic E-state index is -0.911. The standard InChI is InChI=1S/C16H24N2O3/c1-12(2)11-17(4)16(21)18(10-9-15(19)20)14-7-5-13(3)6-8-14/h5-8,12H,9-11H2,1-4H3,(H,19,20). The van der Waals surface area contributed by atoms with Gasteiger partial charge in [-0.15, -0.1) is 0 Å². The van der Waals surface area contributed by atoms with Crippen molar-refractivity contribution in [3.05, 3.63) is 29.8 Å². The Morgan fingerprint density at radius 3 is 2.24 bits per heavy atom. The summed E-state index contributed by atoms with van der Waals surface area (Å²) in [6, 6.07) is 7.35. The number of hydrogen-bond donors (Lipinski definition) is 1. The van der Waals surface area contributed by atoms with Crippen molar-refractivity contribution in [2.75, 3.05) is 25.0 Å². The molecule has 0 heterocycles. The summed E-state index contributed by atoms with van der Waals surface area (Å²) in [5.41, 5.74) is 1.82. The number of anilines is 1. The molecule has 0 fully saturated rings. The van der Waals surface area contributed by atoms with Gasteiger partial charge in [0.05, 0.1) is 6.42 Å². The molecule has 1 N–H and O–H groups in total. The monoisotopic (exact) mass is 292 g/mol. The van der Waals surface area contributed by atoms with Gasteiger partial charge in [-0.05, 0) is 25.0 Å². The first-order chi connectivity index (χ1) is 9.81. The summed E-state index contributed by atoms with van der Waals surface area (Å²) in [5.74, 6) is -0.551. The predicted octanol–water partition coefficient (Wildman–Crippen LogP) is 2.98. The van der Waals surface area contributed by atoms with Crippen molar-refractivity contribution in [2.24, 2.45) is 5.92 Å². The number of hydrogen-bond acceptors (Lipinski definition) is 2. The fraction of sp³-hybridized carbons (Fsp3) is 0.500. The molecule has 1 aromatic carbocycles. The highest BCUT2D eigenvalue weighted by molar-refractivity contribution is 5.92. The van der Waals surface area contributed by atoms with Crippen LogP contribution in [0, 0.1) is 12.8 Å². The number of benzene rings is 1. The number of aliphatic carboxylic acids is 1. The summed E-state index contributed by atoms with van der Waals surface area (Å²) >= 11 is 0. The van der Waals surface area contributed by atoms with Gasteiger partial charge in [-0.1, -0.05) is 31.5 Å². The number of nitrogens with zero attached hydrogens (tertiary/aromatic N) is 2. The van der Waals surface area contributed by atoms with E-state index in [2.05, 4.69) is 0 Å². The Kier molecular flexibility index (Phi) is 6.21. The smallest absolute Gasteiger partial charge is 0.324 e. The summed E-state index contributed by atoms with van der Waals surface area (Å²) < 4.78 is 0. The molecule has 0 radical (unpaired) electrons. The predicted molar refractivity (Wildman–Crippen MR) is 83.6 cm³/mol. The van der Waals surface area contributed by atoms with Crippen molar-refractivity contribution in [3.63, 3.8) is 0 Å². The lowest BCUT2D eigenvalue weighted by molar-refractivity contribution is -0.136. The molecule has 0 aliphatic rings. The highest BCUT2D eigenvalue weighted by Gasteiger charge is 2.21. The maximum Gasteiger partial charge on any atom is 0.324 e. The Balaban J connectivity index is 2.93. The van der Waals surface area contributed by atoms with E-state index in [1.54, 1.807) is 11.9 Å². The van der Waals surface area contributed by atoms with Gasteiger partial charge in [0, 0.05) is 25.8 Å². The van der Waals surface area contributed by atoms with Gasteiger partial charge in [0.25, 0.3) is 0 Å². The zero-order valence-electron chi connectivity index (χ0n) is 13.2. The van der Waals surface area contributed by atoms with Crippen molar-refractivity contribution in [1.82, 2.24) is 4.90 Å². The fourth-order valence-electron chi connectivity index (χ4n) is 2.10. The van der Waals surface area contributed by atoms with Gasteiger partial charge >= 0.3 is 12.0 Å². The number of amides is 2. The van der Waals surface area contributed by atoms with Gasteiger partial charge in [0.2, 0.25) is 0 Å². The normalized spacial score (nSPS) is 10.5. The molecule has 1 rings (SSSR count). The van der Waals surface area contributed by atoms with Crippen LogP contribution in [0.5, 0.6) is 0 Å². The van der Waals surface area contributed by atoms with E-state index < -0.39 is 5.97 Å². The van der Waals surface area contributed by atoms with E-state index in [0.717, 1.165) is 11.3 Å². The summed E-state index contributed by atoms with van der Waals surface area (Å²) in [5, 5.41) is 8.87. The number of carboxylic acid groups (broad SMARTS) is 1. The quantitative estimate of drug-likeness (QED) is 0.876. The van der Waals surface area contributed by atoms with Crippen LogP contribution in [0.25, 0.3) is 0 Å². The van der Waals surface area contributed by atoms with E-state index in [-0.39, 0.29) is 19.0 Å². The molecular weight excluding hydrogens is 268 g/mol. The van der Waals surface area contributed by atoms with Crippen molar-refractivity contribution in [1.29, 1.82) is 0 Å². The fourth-order valence-corrected chi connectivity index (χ4v) is 2.10. The Hall–Kier alpha value is -2.04. The van der Waals surface area contributed by atoms with Gasteiger partial charge in [0.1, 0.15) is 0 Å². The lowest BCUT2D eigenvalue weighted by Crippen LogP contribution is -2.43. The molecule has 0 unspecified atom stereocenters. The van der Waals surface area contributed by atoms with Crippen LogP contribution in [0.15, 0.2) is 24.3 Å². The first-order valence-electron chi connectivity index (χ1n) is 7.12. The molecule has 0 aromatic heterocycles. The molecular formula is C16H24N2O3. The topological polar surface area (TPSA) is 60.9 Å². The van der Waals surface area contributed by atoms with Gasteiger partial charge in [-0.3, -0.25) is 9.69 Å². The Morgan fingerprint density at radius 1 is 1.19 bits per heavy atom. The molecule has 0 spiro atoms. The number of carboxylic acids is 1. The highest BCUT2D eigenvalue weighted by Crippen LogP contribution is 2.17. The van der Waals surface area contributed by atoms with E-state index in [4.69, 9.17) is 5.11 Å². The third-order valence-corrected chi connectivity index (χ3v) is 3.09. The van der Waals surface area contributed by atoms with Crippen LogP contribution >= 0.6 is 0 Å². The van der Waals surface area contributed by atoms with Crippen molar-refractivity contribution in [3.8, 4) is 0 Å². The van der Waals surface area contributed by atoms with Crippen molar-refractivity contribution < 1.29 is 14.7 Å². The van der Waals surface area contributed by atoms with Crippen LogP contribution in [-0.4, -0.2) is 42.1 Å². The maximum absolute atomic E-state index is 12.5. The van der Waals surface area contributed by atoms with Crippen molar-refractivity contribution in [2.45, 2.75) is 27.2 Å². The van der Waals surface area contributed by atoms with Crippen LogP contribution in [0.2, 0.25) is 0 Å².